The van der Waals surface area contributed by atoms with E-state index < -0.39 is 11.9 Å². The molecule has 0 aliphatic carbocycles. The standard InChI is InChI=1S/C12H10ClFN2OS/c1-7(9-4-5-10(13)18-9)16-12(17)8-3-2-6-15-11(8)14/h2-7H,1H3,(H,16,17). The predicted octanol–water partition coefficient (Wildman–Crippen LogP) is 3.43. The Morgan fingerprint density at radius 2 is 2.28 bits per heavy atom. The first-order chi connectivity index (χ1) is 8.58. The Morgan fingerprint density at radius 3 is 2.89 bits per heavy atom. The molecule has 2 rings (SSSR count). The van der Waals surface area contributed by atoms with Crippen LogP contribution in [0.4, 0.5) is 4.39 Å². The molecule has 18 heavy (non-hydrogen) atoms. The Balaban J connectivity index is 2.10. The number of halogens is 2. The molecule has 6 heteroatoms. The summed E-state index contributed by atoms with van der Waals surface area (Å²) in [5.74, 6) is -1.26. The first-order valence-electron chi connectivity index (χ1n) is 5.24. The second-order valence-corrected chi connectivity index (χ2v) is 5.43. The highest BCUT2D eigenvalue weighted by Gasteiger charge is 2.16. The summed E-state index contributed by atoms with van der Waals surface area (Å²) >= 11 is 7.20. The molecule has 0 aliphatic rings. The van der Waals surface area contributed by atoms with E-state index in [0.29, 0.717) is 4.34 Å². The average molecular weight is 285 g/mol. The summed E-state index contributed by atoms with van der Waals surface area (Å²) in [6, 6.07) is 6.28. The van der Waals surface area contributed by atoms with Gasteiger partial charge in [-0.15, -0.1) is 11.3 Å². The molecule has 2 heterocycles. The Hall–Kier alpha value is -1.46. The smallest absolute Gasteiger partial charge is 0.256 e. The third-order valence-corrected chi connectivity index (χ3v) is 3.79. The quantitative estimate of drug-likeness (QED) is 0.878. The second-order valence-electron chi connectivity index (χ2n) is 3.68. The minimum atomic E-state index is -0.772. The molecule has 1 atom stereocenters. The largest absolute Gasteiger partial charge is 0.345 e. The molecule has 1 amide bonds. The van der Waals surface area contributed by atoms with Gasteiger partial charge in [0.15, 0.2) is 0 Å². The maximum Gasteiger partial charge on any atom is 0.256 e. The second kappa shape index (κ2) is 5.46. The Bertz CT molecular complexity index is 573. The van der Waals surface area contributed by atoms with Crippen LogP contribution in [-0.2, 0) is 0 Å². The maximum atomic E-state index is 13.3. The van der Waals surface area contributed by atoms with Crippen LogP contribution in [0.5, 0.6) is 0 Å². The van der Waals surface area contributed by atoms with Gasteiger partial charge in [-0.05, 0) is 31.2 Å². The minimum Gasteiger partial charge on any atom is -0.345 e. The van der Waals surface area contributed by atoms with Crippen molar-refractivity contribution in [3.63, 3.8) is 0 Å². The van der Waals surface area contributed by atoms with Crippen LogP contribution in [0.25, 0.3) is 0 Å². The molecule has 1 unspecified atom stereocenters. The lowest BCUT2D eigenvalue weighted by atomic mass is 10.2. The number of hydrogen-bond donors (Lipinski definition) is 1. The first kappa shape index (κ1) is 13.0. The van der Waals surface area contributed by atoms with Crippen LogP contribution in [0, 0.1) is 5.95 Å². The molecule has 0 saturated heterocycles. The molecule has 0 spiro atoms. The van der Waals surface area contributed by atoms with Crippen LogP contribution >= 0.6 is 22.9 Å². The predicted molar refractivity (Wildman–Crippen MR) is 69.4 cm³/mol. The van der Waals surface area contributed by atoms with Gasteiger partial charge in [0.1, 0.15) is 0 Å². The van der Waals surface area contributed by atoms with Crippen molar-refractivity contribution in [2.24, 2.45) is 0 Å². The van der Waals surface area contributed by atoms with Crippen molar-refractivity contribution in [3.8, 4) is 0 Å². The van der Waals surface area contributed by atoms with E-state index in [9.17, 15) is 9.18 Å². The fourth-order valence-electron chi connectivity index (χ4n) is 1.46. The van der Waals surface area contributed by atoms with Gasteiger partial charge in [-0.1, -0.05) is 11.6 Å². The Labute approximate surface area is 113 Å². The number of nitrogens with one attached hydrogen (secondary N) is 1. The van der Waals surface area contributed by atoms with E-state index in [0.717, 1.165) is 4.88 Å². The van der Waals surface area contributed by atoms with E-state index >= 15 is 0 Å². The maximum absolute atomic E-state index is 13.3. The third-order valence-electron chi connectivity index (χ3n) is 2.37. The number of carbonyl (C=O) groups is 1. The SMILES string of the molecule is CC(NC(=O)c1cccnc1F)c1ccc(Cl)s1. The van der Waals surface area contributed by atoms with E-state index in [2.05, 4.69) is 10.3 Å². The molecule has 2 aromatic heterocycles. The van der Waals surface area contributed by atoms with E-state index in [1.165, 1.54) is 29.7 Å². The Kier molecular flexibility index (Phi) is 3.93. The third kappa shape index (κ3) is 2.86. The number of amides is 1. The fraction of sp³-hybridized carbons (Fsp3) is 0.167. The van der Waals surface area contributed by atoms with Gasteiger partial charge in [0, 0.05) is 11.1 Å². The lowest BCUT2D eigenvalue weighted by Gasteiger charge is -2.12. The molecule has 0 radical (unpaired) electrons. The van der Waals surface area contributed by atoms with Crippen molar-refractivity contribution in [3.05, 3.63) is 51.2 Å². The van der Waals surface area contributed by atoms with Gasteiger partial charge in [0.25, 0.3) is 5.91 Å². The molecule has 0 aromatic carbocycles. The average Bonchev–Trinajstić information content (AvgIpc) is 2.76. The van der Waals surface area contributed by atoms with Crippen LogP contribution in [0.2, 0.25) is 4.34 Å². The van der Waals surface area contributed by atoms with Gasteiger partial charge in [0.05, 0.1) is 15.9 Å². The molecule has 0 saturated carbocycles. The molecular formula is C12H10ClFN2OS. The van der Waals surface area contributed by atoms with Crippen LogP contribution < -0.4 is 5.32 Å². The van der Waals surface area contributed by atoms with Crippen molar-refractivity contribution in [2.75, 3.05) is 0 Å². The summed E-state index contributed by atoms with van der Waals surface area (Å²) in [5.41, 5.74) is -0.0630. The van der Waals surface area contributed by atoms with E-state index in [1.807, 2.05) is 13.0 Å². The van der Waals surface area contributed by atoms with Crippen LogP contribution in [0.1, 0.15) is 28.2 Å². The van der Waals surface area contributed by atoms with Gasteiger partial charge in [-0.25, -0.2) is 4.98 Å². The zero-order valence-electron chi connectivity index (χ0n) is 9.48. The zero-order chi connectivity index (χ0) is 13.1. The monoisotopic (exact) mass is 284 g/mol. The topological polar surface area (TPSA) is 42.0 Å². The zero-order valence-corrected chi connectivity index (χ0v) is 11.1. The van der Waals surface area contributed by atoms with E-state index in [4.69, 9.17) is 11.6 Å². The number of nitrogens with zero attached hydrogens (tertiary/aromatic N) is 1. The highest BCUT2D eigenvalue weighted by molar-refractivity contribution is 7.16. The summed E-state index contributed by atoms with van der Waals surface area (Å²) in [7, 11) is 0. The summed E-state index contributed by atoms with van der Waals surface area (Å²) in [5, 5.41) is 2.70. The van der Waals surface area contributed by atoms with Gasteiger partial charge in [0.2, 0.25) is 5.95 Å². The normalized spacial score (nSPS) is 12.2. The summed E-state index contributed by atoms with van der Waals surface area (Å²) in [6.07, 6.45) is 1.30. The highest BCUT2D eigenvalue weighted by atomic mass is 35.5. The number of aromatic nitrogens is 1. The van der Waals surface area contributed by atoms with Gasteiger partial charge in [-0.3, -0.25) is 4.79 Å². The fourth-order valence-corrected chi connectivity index (χ4v) is 2.53. The highest BCUT2D eigenvalue weighted by Crippen LogP contribution is 2.26. The van der Waals surface area contributed by atoms with Crippen molar-refractivity contribution < 1.29 is 9.18 Å². The number of rotatable bonds is 3. The van der Waals surface area contributed by atoms with Crippen LogP contribution in [-0.4, -0.2) is 10.9 Å². The van der Waals surface area contributed by atoms with Crippen molar-refractivity contribution in [2.45, 2.75) is 13.0 Å². The van der Waals surface area contributed by atoms with Crippen molar-refractivity contribution in [1.29, 1.82) is 0 Å². The summed E-state index contributed by atoms with van der Waals surface area (Å²) < 4.78 is 14.0. The molecular weight excluding hydrogens is 275 g/mol. The Morgan fingerprint density at radius 1 is 1.50 bits per heavy atom. The number of carbonyl (C=O) groups excluding carboxylic acids is 1. The first-order valence-corrected chi connectivity index (χ1v) is 6.44. The molecule has 0 bridgehead atoms. The van der Waals surface area contributed by atoms with Crippen LogP contribution in [0.3, 0.4) is 0 Å². The summed E-state index contributed by atoms with van der Waals surface area (Å²) in [6.45, 7) is 1.81. The van der Waals surface area contributed by atoms with E-state index in [1.54, 1.807) is 6.07 Å². The van der Waals surface area contributed by atoms with Gasteiger partial charge < -0.3 is 5.32 Å². The molecule has 94 valence electrons. The number of pyridine rings is 1. The van der Waals surface area contributed by atoms with Crippen LogP contribution in [0.15, 0.2) is 30.5 Å². The van der Waals surface area contributed by atoms with Gasteiger partial charge >= 0.3 is 0 Å². The summed E-state index contributed by atoms with van der Waals surface area (Å²) in [4.78, 5) is 16.2. The molecule has 2 aromatic rings. The minimum absolute atomic E-state index is 0.0630. The number of thiophene rings is 1. The van der Waals surface area contributed by atoms with Gasteiger partial charge in [-0.2, -0.15) is 4.39 Å². The van der Waals surface area contributed by atoms with Crippen molar-refractivity contribution >= 4 is 28.8 Å². The molecule has 1 N–H and O–H groups in total. The van der Waals surface area contributed by atoms with Crippen molar-refractivity contribution in [1.82, 2.24) is 10.3 Å². The molecule has 0 fully saturated rings. The number of hydrogen-bond acceptors (Lipinski definition) is 3. The molecule has 0 aliphatic heterocycles. The molecule has 3 nitrogen and oxygen atoms in total. The van der Waals surface area contributed by atoms with E-state index in [-0.39, 0.29) is 11.6 Å². The lowest BCUT2D eigenvalue weighted by Crippen LogP contribution is -2.27. The lowest BCUT2D eigenvalue weighted by molar-refractivity contribution is 0.0935.